The molecule has 220 valence electrons. The van der Waals surface area contributed by atoms with Crippen LogP contribution in [0.15, 0.2) is 30.3 Å². The van der Waals surface area contributed by atoms with Gasteiger partial charge < -0.3 is 9.47 Å². The highest BCUT2D eigenvalue weighted by atomic mass is 19.2. The fraction of sp³-hybridized carbons (Fsp3) is 0.618. The highest BCUT2D eigenvalue weighted by molar-refractivity contribution is 5.90. The average molecular weight is 559 g/mol. The Hall–Kier alpha value is -2.50. The molecule has 0 aliphatic heterocycles. The first kappa shape index (κ1) is 30.5. The maximum atomic E-state index is 14.9. The summed E-state index contributed by atoms with van der Waals surface area (Å²) in [7, 11) is 0. The van der Waals surface area contributed by atoms with E-state index in [0.717, 1.165) is 38.5 Å². The summed E-state index contributed by atoms with van der Waals surface area (Å²) in [4.78, 5) is 12.7. The fourth-order valence-corrected chi connectivity index (χ4v) is 6.32. The third-order valence-corrected chi connectivity index (χ3v) is 8.91. The van der Waals surface area contributed by atoms with Crippen molar-refractivity contribution in [1.29, 1.82) is 0 Å². The van der Waals surface area contributed by atoms with Crippen LogP contribution in [0.5, 0.6) is 5.75 Å². The molecule has 40 heavy (non-hydrogen) atoms. The van der Waals surface area contributed by atoms with Crippen LogP contribution in [-0.4, -0.2) is 18.7 Å². The highest BCUT2D eigenvalue weighted by Gasteiger charge is 2.30. The summed E-state index contributed by atoms with van der Waals surface area (Å²) >= 11 is 0. The Morgan fingerprint density at radius 2 is 1.40 bits per heavy atom. The fourth-order valence-electron chi connectivity index (χ4n) is 6.32. The van der Waals surface area contributed by atoms with E-state index in [9.17, 15) is 18.0 Å². The van der Waals surface area contributed by atoms with E-state index in [1.807, 2.05) is 6.07 Å². The largest absolute Gasteiger partial charge is 0.493 e. The van der Waals surface area contributed by atoms with Gasteiger partial charge in [0.25, 0.3) is 0 Å². The van der Waals surface area contributed by atoms with E-state index in [4.69, 9.17) is 9.47 Å². The lowest BCUT2D eigenvalue weighted by Gasteiger charge is -2.29. The van der Waals surface area contributed by atoms with Gasteiger partial charge in [-0.25, -0.2) is 18.0 Å². The molecule has 4 rings (SSSR count). The average Bonchev–Trinajstić information content (AvgIpc) is 2.95. The molecule has 0 N–H and O–H groups in total. The second-order valence-electron chi connectivity index (χ2n) is 12.0. The van der Waals surface area contributed by atoms with Crippen molar-refractivity contribution in [3.63, 3.8) is 0 Å². The Balaban J connectivity index is 1.24. The molecule has 0 bridgehead atoms. The van der Waals surface area contributed by atoms with Gasteiger partial charge >= 0.3 is 5.97 Å². The van der Waals surface area contributed by atoms with Crippen molar-refractivity contribution in [3.05, 3.63) is 64.5 Å². The lowest BCUT2D eigenvalue weighted by atomic mass is 9.79. The number of rotatable bonds is 12. The Kier molecular flexibility index (Phi) is 11.4. The van der Waals surface area contributed by atoms with Gasteiger partial charge in [-0.15, -0.1) is 0 Å². The van der Waals surface area contributed by atoms with Crippen LogP contribution in [0.25, 0.3) is 0 Å². The minimum absolute atomic E-state index is 0.00704. The van der Waals surface area contributed by atoms with Crippen molar-refractivity contribution in [2.24, 2.45) is 5.92 Å². The van der Waals surface area contributed by atoms with Crippen molar-refractivity contribution >= 4 is 5.97 Å². The van der Waals surface area contributed by atoms with Crippen molar-refractivity contribution in [1.82, 2.24) is 0 Å². The molecule has 0 saturated heterocycles. The molecule has 6 heteroatoms. The van der Waals surface area contributed by atoms with E-state index in [0.29, 0.717) is 55.1 Å². The number of halogens is 3. The molecule has 2 saturated carbocycles. The summed E-state index contributed by atoms with van der Waals surface area (Å²) in [5.74, 6) is -1.97. The first-order chi connectivity index (χ1) is 19.4. The Morgan fingerprint density at radius 3 is 2.10 bits per heavy atom. The summed E-state index contributed by atoms with van der Waals surface area (Å²) in [6, 6.07) is 8.01. The van der Waals surface area contributed by atoms with E-state index in [1.54, 1.807) is 12.1 Å². The molecule has 3 nitrogen and oxygen atoms in total. The number of carbonyl (C=O) groups is 1. The van der Waals surface area contributed by atoms with Gasteiger partial charge in [-0.1, -0.05) is 70.9 Å². The summed E-state index contributed by atoms with van der Waals surface area (Å²) < 4.78 is 56.0. The zero-order valence-corrected chi connectivity index (χ0v) is 24.2. The van der Waals surface area contributed by atoms with Crippen LogP contribution < -0.4 is 4.74 Å². The van der Waals surface area contributed by atoms with E-state index in [2.05, 4.69) is 13.8 Å². The van der Waals surface area contributed by atoms with Gasteiger partial charge in [0, 0.05) is 6.07 Å². The number of carbonyl (C=O) groups excluding carboxylic acids is 1. The third-order valence-electron chi connectivity index (χ3n) is 8.91. The van der Waals surface area contributed by atoms with Crippen LogP contribution in [0, 0.1) is 23.4 Å². The molecule has 0 unspecified atom stereocenters. The second kappa shape index (κ2) is 14.9. The molecule has 2 aromatic rings. The van der Waals surface area contributed by atoms with Crippen LogP contribution in [-0.2, 0) is 4.74 Å². The van der Waals surface area contributed by atoms with Gasteiger partial charge in [0.05, 0.1) is 12.2 Å². The molecule has 2 aliphatic rings. The summed E-state index contributed by atoms with van der Waals surface area (Å²) in [6.45, 7) is 4.97. The number of benzene rings is 2. The molecule has 0 atom stereocenters. The quantitative estimate of drug-likeness (QED) is 0.192. The van der Waals surface area contributed by atoms with E-state index < -0.39 is 23.7 Å². The standard InChI is InChI=1S/C34H45F3O3/c1-3-4-5-6-7-8-21-39-27-17-18-28(31(35)22-27)24-13-15-26(16-14-24)40-34(38)30-20-19-29(32(36)33(30)37)25-11-9-23(2)10-12-25/h17-20,22-26H,3-16,21H2,1-2H3. The number of ether oxygens (including phenoxy) is 2. The van der Waals surface area contributed by atoms with Gasteiger partial charge in [-0.05, 0) is 86.0 Å². The maximum Gasteiger partial charge on any atom is 0.341 e. The van der Waals surface area contributed by atoms with Gasteiger partial charge in [-0.3, -0.25) is 0 Å². The van der Waals surface area contributed by atoms with Gasteiger partial charge in [0.2, 0.25) is 0 Å². The third kappa shape index (κ3) is 8.04. The number of hydrogen-bond acceptors (Lipinski definition) is 3. The minimum atomic E-state index is -1.12. The van der Waals surface area contributed by atoms with E-state index >= 15 is 0 Å². The van der Waals surface area contributed by atoms with Crippen molar-refractivity contribution in [2.75, 3.05) is 6.61 Å². The predicted octanol–water partition coefficient (Wildman–Crippen LogP) is 10.0. The molecule has 0 heterocycles. The van der Waals surface area contributed by atoms with Crippen molar-refractivity contribution < 1.29 is 27.4 Å². The van der Waals surface area contributed by atoms with E-state index in [-0.39, 0.29) is 23.2 Å². The van der Waals surface area contributed by atoms with Crippen LogP contribution in [0.4, 0.5) is 13.2 Å². The van der Waals surface area contributed by atoms with E-state index in [1.165, 1.54) is 37.8 Å². The molecule has 0 radical (unpaired) electrons. The molecular weight excluding hydrogens is 513 g/mol. The summed E-state index contributed by atoms with van der Waals surface area (Å²) in [5, 5.41) is 0. The van der Waals surface area contributed by atoms with Crippen LogP contribution >= 0.6 is 0 Å². The summed E-state index contributed by atoms with van der Waals surface area (Å²) in [6.07, 6.45) is 12.7. The lowest BCUT2D eigenvalue weighted by Crippen LogP contribution is -2.25. The zero-order chi connectivity index (χ0) is 28.5. The maximum absolute atomic E-state index is 14.9. The predicted molar refractivity (Wildman–Crippen MR) is 152 cm³/mol. The molecule has 0 spiro atoms. The lowest BCUT2D eigenvalue weighted by molar-refractivity contribution is 0.0188. The minimum Gasteiger partial charge on any atom is -0.493 e. The highest BCUT2D eigenvalue weighted by Crippen LogP contribution is 2.39. The molecule has 2 aromatic carbocycles. The van der Waals surface area contributed by atoms with Crippen LogP contribution in [0.2, 0.25) is 0 Å². The molecular formula is C34H45F3O3. The first-order valence-electron chi connectivity index (χ1n) is 15.5. The topological polar surface area (TPSA) is 35.5 Å². The van der Waals surface area contributed by atoms with Crippen LogP contribution in [0.3, 0.4) is 0 Å². The first-order valence-corrected chi connectivity index (χ1v) is 15.5. The SMILES string of the molecule is CCCCCCCCOc1ccc(C2CCC(OC(=O)c3ccc(C4CCC(C)CC4)c(F)c3F)CC2)c(F)c1. The molecule has 0 amide bonds. The van der Waals surface area contributed by atoms with Crippen LogP contribution in [0.1, 0.15) is 137 Å². The van der Waals surface area contributed by atoms with Gasteiger partial charge in [0.1, 0.15) is 17.7 Å². The molecule has 2 aliphatic carbocycles. The van der Waals surface area contributed by atoms with Gasteiger partial charge in [-0.2, -0.15) is 0 Å². The molecule has 2 fully saturated rings. The zero-order valence-electron chi connectivity index (χ0n) is 24.2. The Bertz CT molecular complexity index is 1100. The van der Waals surface area contributed by atoms with Crippen molar-refractivity contribution in [2.45, 2.75) is 122 Å². The van der Waals surface area contributed by atoms with Gasteiger partial charge in [0.15, 0.2) is 11.6 Å². The second-order valence-corrected chi connectivity index (χ2v) is 12.0. The number of esters is 1. The summed E-state index contributed by atoms with van der Waals surface area (Å²) in [5.41, 5.74) is 0.662. The monoisotopic (exact) mass is 558 g/mol. The Morgan fingerprint density at radius 1 is 0.775 bits per heavy atom. The smallest absolute Gasteiger partial charge is 0.341 e. The number of unbranched alkanes of at least 4 members (excludes halogenated alkanes) is 5. The Labute approximate surface area is 237 Å². The van der Waals surface area contributed by atoms with Crippen molar-refractivity contribution in [3.8, 4) is 5.75 Å². The normalized spacial score (nSPS) is 23.1. The molecule has 0 aromatic heterocycles. The number of hydrogen-bond donors (Lipinski definition) is 0.